The lowest BCUT2D eigenvalue weighted by atomic mass is 10.2. The molecule has 3 rings (SSSR count). The van der Waals surface area contributed by atoms with Gasteiger partial charge in [0.25, 0.3) is 0 Å². The van der Waals surface area contributed by atoms with Gasteiger partial charge < -0.3 is 24.0 Å². The Bertz CT molecular complexity index is 1110. The van der Waals surface area contributed by atoms with Crippen LogP contribution in [0.1, 0.15) is 26.7 Å². The van der Waals surface area contributed by atoms with Crippen molar-refractivity contribution < 1.29 is 14.6 Å². The second-order valence-electron chi connectivity index (χ2n) is 6.38. The second kappa shape index (κ2) is 8.66. The van der Waals surface area contributed by atoms with Crippen LogP contribution in [0.15, 0.2) is 24.3 Å². The minimum atomic E-state index is -1.01. The summed E-state index contributed by atoms with van der Waals surface area (Å²) < 4.78 is 10.5. The first-order chi connectivity index (χ1) is 13.5. The van der Waals surface area contributed by atoms with Crippen LogP contribution < -0.4 is 4.74 Å². The summed E-state index contributed by atoms with van der Waals surface area (Å²) in [6.07, 6.45) is 1.87. The third kappa shape index (κ3) is 4.00. The van der Waals surface area contributed by atoms with Gasteiger partial charge in [-0.15, -0.1) is 0 Å². The summed E-state index contributed by atoms with van der Waals surface area (Å²) in [4.78, 5) is 18.7. The molecule has 0 saturated carbocycles. The van der Waals surface area contributed by atoms with Crippen LogP contribution in [0.4, 0.5) is 0 Å². The molecule has 0 bridgehead atoms. The maximum atomic E-state index is 10.6. The van der Waals surface area contributed by atoms with E-state index in [9.17, 15) is 4.79 Å². The smallest absolute Gasteiger partial charge is 0.341 e. The van der Waals surface area contributed by atoms with Crippen molar-refractivity contribution >= 4 is 41.6 Å². The number of carbonyl (C=O) groups is 1. The monoisotopic (exact) mass is 418 g/mol. The maximum absolute atomic E-state index is 10.6. The molecular formula is C19H22N4O3S2. The fourth-order valence-electron chi connectivity index (χ4n) is 3.00. The van der Waals surface area contributed by atoms with Gasteiger partial charge in [-0.25, -0.2) is 9.78 Å². The zero-order valence-electron chi connectivity index (χ0n) is 15.8. The number of aryl methyl sites for hydroxylation is 1. The van der Waals surface area contributed by atoms with E-state index in [1.54, 1.807) is 12.1 Å². The molecule has 148 valence electrons. The largest absolute Gasteiger partial charge is 0.482 e. The minimum Gasteiger partial charge on any atom is -0.482 e. The fraction of sp³-hybridized carbons (Fsp3) is 0.368. The lowest BCUT2D eigenvalue weighted by molar-refractivity contribution is -0.139. The quantitative estimate of drug-likeness (QED) is 0.521. The van der Waals surface area contributed by atoms with Gasteiger partial charge in [-0.1, -0.05) is 26.1 Å². The topological polar surface area (TPSA) is 85.1 Å². The molecule has 0 saturated heterocycles. The SMILES string of the molecule is CCCn1c(=S)c2[nH]c(-c3ccc(OCC(=O)O)cc3)nc2n(CCC)c1=S. The van der Waals surface area contributed by atoms with Crippen LogP contribution in [0.5, 0.6) is 5.75 Å². The molecule has 2 aromatic heterocycles. The highest BCUT2D eigenvalue weighted by Gasteiger charge is 2.14. The van der Waals surface area contributed by atoms with E-state index in [0.717, 1.165) is 42.7 Å². The Labute approximate surface area is 172 Å². The predicted octanol–water partition coefficient (Wildman–Crippen LogP) is 4.58. The van der Waals surface area contributed by atoms with Crippen LogP contribution in [0.3, 0.4) is 0 Å². The van der Waals surface area contributed by atoms with Crippen LogP contribution in [0.25, 0.3) is 22.6 Å². The molecule has 9 heteroatoms. The molecule has 7 nitrogen and oxygen atoms in total. The zero-order chi connectivity index (χ0) is 20.3. The molecule has 0 amide bonds. The molecule has 0 atom stereocenters. The molecule has 3 aromatic rings. The molecule has 0 fully saturated rings. The number of nitrogens with zero attached hydrogens (tertiary/aromatic N) is 3. The number of aromatic nitrogens is 4. The Balaban J connectivity index is 2.07. The highest BCUT2D eigenvalue weighted by molar-refractivity contribution is 7.72. The number of hydrogen-bond donors (Lipinski definition) is 2. The number of ether oxygens (including phenoxy) is 1. The number of nitrogens with one attached hydrogen (secondary N) is 1. The third-order valence-corrected chi connectivity index (χ3v) is 5.11. The lowest BCUT2D eigenvalue weighted by Gasteiger charge is -2.13. The van der Waals surface area contributed by atoms with Gasteiger partial charge in [-0.05, 0) is 49.3 Å². The number of aliphatic carboxylic acids is 1. The van der Waals surface area contributed by atoms with E-state index in [0.29, 0.717) is 21.0 Å². The van der Waals surface area contributed by atoms with Crippen LogP contribution in [0, 0.1) is 9.41 Å². The van der Waals surface area contributed by atoms with Gasteiger partial charge in [0.1, 0.15) is 21.7 Å². The van der Waals surface area contributed by atoms with E-state index in [1.807, 2.05) is 21.3 Å². The standard InChI is InChI=1S/C19H22N4O3S2/c1-3-9-22-17-15(18(27)23(10-4-2)19(22)28)20-16(21-17)12-5-7-13(8-6-12)26-11-14(24)25/h5-8H,3-4,9-11H2,1-2H3,(H,20,21)(H,24,25). The van der Waals surface area contributed by atoms with Crippen LogP contribution in [-0.4, -0.2) is 36.8 Å². The summed E-state index contributed by atoms with van der Waals surface area (Å²) in [6.45, 7) is 5.35. The van der Waals surface area contributed by atoms with Crippen molar-refractivity contribution in [2.24, 2.45) is 0 Å². The molecule has 0 aliphatic heterocycles. The first-order valence-corrected chi connectivity index (χ1v) is 9.96. The Morgan fingerprint density at radius 2 is 1.79 bits per heavy atom. The van der Waals surface area contributed by atoms with E-state index < -0.39 is 5.97 Å². The number of benzene rings is 1. The summed E-state index contributed by atoms with van der Waals surface area (Å²) in [6, 6.07) is 7.10. The van der Waals surface area contributed by atoms with E-state index in [4.69, 9.17) is 39.3 Å². The molecule has 2 N–H and O–H groups in total. The number of aromatic amines is 1. The average molecular weight is 419 g/mol. The summed E-state index contributed by atoms with van der Waals surface area (Å²) in [5.41, 5.74) is 2.40. The van der Waals surface area contributed by atoms with Gasteiger partial charge in [-0.2, -0.15) is 0 Å². The third-order valence-electron chi connectivity index (χ3n) is 4.25. The summed E-state index contributed by atoms with van der Waals surface area (Å²) in [5.74, 6) is 0.153. The van der Waals surface area contributed by atoms with Gasteiger partial charge in [0.05, 0.1) is 0 Å². The van der Waals surface area contributed by atoms with Gasteiger partial charge in [0.2, 0.25) is 0 Å². The van der Waals surface area contributed by atoms with Gasteiger partial charge in [0, 0.05) is 18.7 Å². The summed E-state index contributed by atoms with van der Waals surface area (Å²) >= 11 is 11.3. The van der Waals surface area contributed by atoms with Gasteiger partial charge in [-0.3, -0.25) is 0 Å². The molecule has 28 heavy (non-hydrogen) atoms. The van der Waals surface area contributed by atoms with E-state index in [-0.39, 0.29) is 6.61 Å². The molecule has 0 aliphatic carbocycles. The van der Waals surface area contributed by atoms with Crippen LogP contribution in [0.2, 0.25) is 0 Å². The number of hydrogen-bond acceptors (Lipinski definition) is 5. The molecule has 0 unspecified atom stereocenters. The fourth-order valence-corrected chi connectivity index (χ4v) is 3.74. The van der Waals surface area contributed by atoms with Crippen LogP contribution >= 0.6 is 24.4 Å². The average Bonchev–Trinajstić information content (AvgIpc) is 3.13. The summed E-state index contributed by atoms with van der Waals surface area (Å²) in [5, 5.41) is 8.70. The van der Waals surface area contributed by atoms with Crippen molar-refractivity contribution in [2.45, 2.75) is 39.8 Å². The number of H-pyrrole nitrogens is 1. The zero-order valence-corrected chi connectivity index (χ0v) is 17.4. The van der Waals surface area contributed by atoms with E-state index in [2.05, 4.69) is 18.8 Å². The van der Waals surface area contributed by atoms with Crippen molar-refractivity contribution in [1.29, 1.82) is 0 Å². The summed E-state index contributed by atoms with van der Waals surface area (Å²) in [7, 11) is 0. The number of rotatable bonds is 8. The number of imidazole rings is 1. The number of carboxylic acid groups (broad SMARTS) is 1. The normalized spacial score (nSPS) is 11.1. The number of fused-ring (bicyclic) bond motifs is 1. The first-order valence-electron chi connectivity index (χ1n) is 9.14. The predicted molar refractivity (Wildman–Crippen MR) is 113 cm³/mol. The Kier molecular flexibility index (Phi) is 6.25. The highest BCUT2D eigenvalue weighted by Crippen LogP contribution is 2.24. The Morgan fingerprint density at radius 3 is 2.39 bits per heavy atom. The lowest BCUT2D eigenvalue weighted by Crippen LogP contribution is -2.12. The molecule has 1 aromatic carbocycles. The van der Waals surface area contributed by atoms with Crippen molar-refractivity contribution in [3.63, 3.8) is 0 Å². The molecular weight excluding hydrogens is 396 g/mol. The van der Waals surface area contributed by atoms with Crippen molar-refractivity contribution in [2.75, 3.05) is 6.61 Å². The van der Waals surface area contributed by atoms with Crippen LogP contribution in [-0.2, 0) is 17.9 Å². The van der Waals surface area contributed by atoms with Crippen molar-refractivity contribution in [3.05, 3.63) is 33.7 Å². The molecule has 2 heterocycles. The Morgan fingerprint density at radius 1 is 1.14 bits per heavy atom. The highest BCUT2D eigenvalue weighted by atomic mass is 32.1. The van der Waals surface area contributed by atoms with Gasteiger partial charge >= 0.3 is 5.97 Å². The van der Waals surface area contributed by atoms with Gasteiger partial charge in [0.15, 0.2) is 17.0 Å². The second-order valence-corrected chi connectivity index (χ2v) is 7.13. The molecule has 0 spiro atoms. The van der Waals surface area contributed by atoms with E-state index >= 15 is 0 Å². The van der Waals surface area contributed by atoms with E-state index in [1.165, 1.54) is 0 Å². The molecule has 0 radical (unpaired) electrons. The van der Waals surface area contributed by atoms with Crippen molar-refractivity contribution in [3.8, 4) is 17.1 Å². The molecule has 0 aliphatic rings. The van der Waals surface area contributed by atoms with Crippen molar-refractivity contribution in [1.82, 2.24) is 19.1 Å². The maximum Gasteiger partial charge on any atom is 0.341 e. The minimum absolute atomic E-state index is 0.376. The first kappa shape index (κ1) is 20.2. The Hall–Kier alpha value is -2.52. The number of carboxylic acids is 1.